The van der Waals surface area contributed by atoms with E-state index in [4.69, 9.17) is 0 Å². The van der Waals surface area contributed by atoms with Crippen LogP contribution < -0.4 is 5.32 Å². The molecule has 0 radical (unpaired) electrons. The summed E-state index contributed by atoms with van der Waals surface area (Å²) in [6.45, 7) is 3.81. The Hall–Kier alpha value is -2.95. The fraction of sp³-hybridized carbons (Fsp3) is 0.211. The van der Waals surface area contributed by atoms with Crippen molar-refractivity contribution >= 4 is 22.5 Å². The highest BCUT2D eigenvalue weighted by Crippen LogP contribution is 2.27. The number of aromatic hydroxyl groups is 2. The zero-order valence-electron chi connectivity index (χ0n) is 13.6. The highest BCUT2D eigenvalue weighted by atomic mass is 16.3. The van der Waals surface area contributed by atoms with E-state index in [9.17, 15) is 15.0 Å². The van der Waals surface area contributed by atoms with Crippen molar-refractivity contribution in [1.82, 2.24) is 4.98 Å². The average Bonchev–Trinajstić information content (AvgIpc) is 2.92. The molecule has 1 amide bonds. The van der Waals surface area contributed by atoms with E-state index in [-0.39, 0.29) is 23.3 Å². The van der Waals surface area contributed by atoms with E-state index < -0.39 is 0 Å². The van der Waals surface area contributed by atoms with E-state index in [1.54, 1.807) is 6.07 Å². The van der Waals surface area contributed by atoms with Crippen LogP contribution in [0.4, 0.5) is 5.69 Å². The van der Waals surface area contributed by atoms with Crippen LogP contribution >= 0.6 is 0 Å². The molecule has 1 aromatic heterocycles. The molecule has 0 saturated heterocycles. The van der Waals surface area contributed by atoms with Crippen LogP contribution in [0.5, 0.6) is 11.5 Å². The fourth-order valence-corrected chi connectivity index (χ4v) is 2.80. The number of aromatic amines is 1. The van der Waals surface area contributed by atoms with E-state index in [0.29, 0.717) is 6.42 Å². The molecule has 2 aromatic carbocycles. The van der Waals surface area contributed by atoms with Gasteiger partial charge >= 0.3 is 0 Å². The molecule has 0 spiro atoms. The Labute approximate surface area is 140 Å². The van der Waals surface area contributed by atoms with Crippen molar-refractivity contribution in [2.45, 2.75) is 20.3 Å². The lowest BCUT2D eigenvalue weighted by atomic mass is 10.00. The normalized spacial score (nSPS) is 12.2. The SMILES string of the molecule is Cc1cc2cccc(NC(=O)C(C)Cc3ccc(O)c(O)c3)c2[nH]1. The van der Waals surface area contributed by atoms with Crippen molar-refractivity contribution in [2.75, 3.05) is 5.32 Å². The standard InChI is InChI=1S/C19H20N2O3/c1-11(8-13-6-7-16(22)17(23)10-13)19(24)21-15-5-3-4-14-9-12(2)20-18(14)15/h3-7,9-11,20,22-23H,8H2,1-2H3,(H,21,24). The summed E-state index contributed by atoms with van der Waals surface area (Å²) in [6, 6.07) is 12.4. The number of benzene rings is 2. The smallest absolute Gasteiger partial charge is 0.227 e. The number of anilines is 1. The van der Waals surface area contributed by atoms with E-state index in [1.807, 2.05) is 38.1 Å². The van der Waals surface area contributed by atoms with Crippen molar-refractivity contribution < 1.29 is 15.0 Å². The number of fused-ring (bicyclic) bond motifs is 1. The summed E-state index contributed by atoms with van der Waals surface area (Å²) >= 11 is 0. The van der Waals surface area contributed by atoms with Crippen molar-refractivity contribution in [3.63, 3.8) is 0 Å². The van der Waals surface area contributed by atoms with Crippen LogP contribution in [0, 0.1) is 12.8 Å². The number of amides is 1. The number of phenols is 2. The number of hydrogen-bond acceptors (Lipinski definition) is 3. The number of nitrogens with one attached hydrogen (secondary N) is 2. The quantitative estimate of drug-likeness (QED) is 0.552. The number of carbonyl (C=O) groups is 1. The molecule has 0 aliphatic rings. The number of H-pyrrole nitrogens is 1. The largest absolute Gasteiger partial charge is 0.504 e. The molecule has 24 heavy (non-hydrogen) atoms. The summed E-state index contributed by atoms with van der Waals surface area (Å²) in [6.07, 6.45) is 0.472. The molecule has 0 saturated carbocycles. The Bertz CT molecular complexity index is 899. The monoisotopic (exact) mass is 324 g/mol. The second-order valence-electron chi connectivity index (χ2n) is 6.14. The number of carbonyl (C=O) groups excluding carboxylic acids is 1. The maximum absolute atomic E-state index is 12.5. The van der Waals surface area contributed by atoms with Gasteiger partial charge in [-0.1, -0.05) is 25.1 Å². The van der Waals surface area contributed by atoms with E-state index in [1.165, 1.54) is 12.1 Å². The van der Waals surface area contributed by atoms with Crippen molar-refractivity contribution in [3.8, 4) is 11.5 Å². The lowest BCUT2D eigenvalue weighted by Gasteiger charge is -2.13. The van der Waals surface area contributed by atoms with Gasteiger partial charge < -0.3 is 20.5 Å². The molecule has 124 valence electrons. The first-order chi connectivity index (χ1) is 11.4. The molecule has 0 fully saturated rings. The fourth-order valence-electron chi connectivity index (χ4n) is 2.80. The third-order valence-corrected chi connectivity index (χ3v) is 4.08. The second kappa shape index (κ2) is 6.28. The molecular formula is C19H20N2O3. The molecule has 1 heterocycles. The maximum Gasteiger partial charge on any atom is 0.227 e. The first kappa shape index (κ1) is 15.9. The van der Waals surface area contributed by atoms with Crippen LogP contribution in [-0.2, 0) is 11.2 Å². The van der Waals surface area contributed by atoms with Gasteiger partial charge in [0.25, 0.3) is 0 Å². The van der Waals surface area contributed by atoms with Crippen LogP contribution in [0.15, 0.2) is 42.5 Å². The third kappa shape index (κ3) is 3.20. The molecule has 1 atom stereocenters. The van der Waals surface area contributed by atoms with Gasteiger partial charge in [-0.3, -0.25) is 4.79 Å². The summed E-state index contributed by atoms with van der Waals surface area (Å²) < 4.78 is 0. The zero-order valence-corrected chi connectivity index (χ0v) is 13.6. The number of hydrogen-bond donors (Lipinski definition) is 4. The minimum absolute atomic E-state index is 0.0951. The predicted octanol–water partition coefficient (Wildman–Crippen LogP) is 3.70. The number of rotatable bonds is 4. The summed E-state index contributed by atoms with van der Waals surface area (Å²) in [7, 11) is 0. The molecule has 5 nitrogen and oxygen atoms in total. The van der Waals surface area contributed by atoms with Gasteiger partial charge in [-0.25, -0.2) is 0 Å². The molecule has 0 aliphatic carbocycles. The minimum atomic E-state index is -0.278. The molecule has 0 aliphatic heterocycles. The number of aromatic nitrogens is 1. The van der Waals surface area contributed by atoms with Gasteiger partial charge in [0.15, 0.2) is 11.5 Å². The van der Waals surface area contributed by atoms with Crippen molar-refractivity contribution in [1.29, 1.82) is 0 Å². The summed E-state index contributed by atoms with van der Waals surface area (Å²) in [5, 5.41) is 22.9. The summed E-state index contributed by atoms with van der Waals surface area (Å²) in [4.78, 5) is 15.7. The second-order valence-corrected chi connectivity index (χ2v) is 6.14. The first-order valence-electron chi connectivity index (χ1n) is 7.84. The molecule has 3 aromatic rings. The van der Waals surface area contributed by atoms with Gasteiger partial charge in [-0.2, -0.15) is 0 Å². The molecule has 4 N–H and O–H groups in total. The topological polar surface area (TPSA) is 85.3 Å². The van der Waals surface area contributed by atoms with Crippen molar-refractivity contribution in [3.05, 3.63) is 53.7 Å². The van der Waals surface area contributed by atoms with Crippen LogP contribution in [0.25, 0.3) is 10.9 Å². The molecule has 1 unspecified atom stereocenters. The lowest BCUT2D eigenvalue weighted by Crippen LogP contribution is -2.22. The first-order valence-corrected chi connectivity index (χ1v) is 7.84. The van der Waals surface area contributed by atoms with Gasteiger partial charge in [0.1, 0.15) is 0 Å². The molecule has 5 heteroatoms. The van der Waals surface area contributed by atoms with E-state index in [0.717, 1.165) is 27.8 Å². The zero-order chi connectivity index (χ0) is 17.3. The maximum atomic E-state index is 12.5. The minimum Gasteiger partial charge on any atom is -0.504 e. The summed E-state index contributed by atoms with van der Waals surface area (Å²) in [5.74, 6) is -0.709. The van der Waals surface area contributed by atoms with Gasteiger partial charge in [-0.05, 0) is 43.2 Å². The highest BCUT2D eigenvalue weighted by Gasteiger charge is 2.16. The number of phenolic OH excluding ortho intramolecular Hbond substituents is 2. The molecular weight excluding hydrogens is 304 g/mol. The lowest BCUT2D eigenvalue weighted by molar-refractivity contribution is -0.119. The van der Waals surface area contributed by atoms with E-state index in [2.05, 4.69) is 10.3 Å². The Morgan fingerprint density at radius 1 is 1.17 bits per heavy atom. The Balaban J connectivity index is 1.74. The predicted molar refractivity (Wildman–Crippen MR) is 94.3 cm³/mol. The Morgan fingerprint density at radius 3 is 2.71 bits per heavy atom. The Morgan fingerprint density at radius 2 is 1.96 bits per heavy atom. The van der Waals surface area contributed by atoms with Gasteiger partial charge in [-0.15, -0.1) is 0 Å². The Kier molecular flexibility index (Phi) is 4.16. The summed E-state index contributed by atoms with van der Waals surface area (Å²) in [5.41, 5.74) is 3.50. The van der Waals surface area contributed by atoms with Gasteiger partial charge in [0.2, 0.25) is 5.91 Å². The number of para-hydroxylation sites is 1. The average molecular weight is 324 g/mol. The number of aryl methyl sites for hydroxylation is 1. The van der Waals surface area contributed by atoms with Crippen LogP contribution in [0.1, 0.15) is 18.2 Å². The van der Waals surface area contributed by atoms with Crippen molar-refractivity contribution in [2.24, 2.45) is 5.92 Å². The van der Waals surface area contributed by atoms with E-state index >= 15 is 0 Å². The van der Waals surface area contributed by atoms with Crippen LogP contribution in [0.3, 0.4) is 0 Å². The van der Waals surface area contributed by atoms with Crippen LogP contribution in [-0.4, -0.2) is 21.1 Å². The molecule has 0 bridgehead atoms. The third-order valence-electron chi connectivity index (χ3n) is 4.08. The van der Waals surface area contributed by atoms with Gasteiger partial charge in [0, 0.05) is 17.0 Å². The highest BCUT2D eigenvalue weighted by molar-refractivity contribution is 6.01. The van der Waals surface area contributed by atoms with Crippen LogP contribution in [0.2, 0.25) is 0 Å². The molecule has 3 rings (SSSR count). The van der Waals surface area contributed by atoms with Gasteiger partial charge in [0.05, 0.1) is 11.2 Å².